The van der Waals surface area contributed by atoms with Crippen LogP contribution in [0.3, 0.4) is 0 Å². The number of hydrogen-bond acceptors (Lipinski definition) is 5. The number of benzene rings is 1. The lowest BCUT2D eigenvalue weighted by Crippen LogP contribution is -2.38. The van der Waals surface area contributed by atoms with Gasteiger partial charge in [-0.05, 0) is 44.0 Å². The Morgan fingerprint density at radius 2 is 1.88 bits per heavy atom. The Kier molecular flexibility index (Phi) is 6.89. The van der Waals surface area contributed by atoms with E-state index in [2.05, 4.69) is 16.5 Å². The van der Waals surface area contributed by atoms with Crippen LogP contribution in [-0.2, 0) is 10.0 Å². The Bertz CT molecular complexity index is 627. The van der Waals surface area contributed by atoms with Crippen LogP contribution < -0.4 is 14.2 Å². The van der Waals surface area contributed by atoms with Crippen LogP contribution in [0.2, 0.25) is 0 Å². The Morgan fingerprint density at radius 1 is 1.17 bits per heavy atom. The van der Waals surface area contributed by atoms with Crippen molar-refractivity contribution in [3.63, 3.8) is 0 Å². The molecule has 0 aromatic heterocycles. The van der Waals surface area contributed by atoms with E-state index in [4.69, 9.17) is 9.47 Å². The summed E-state index contributed by atoms with van der Waals surface area (Å²) in [4.78, 5) is 2.52. The van der Waals surface area contributed by atoms with Crippen molar-refractivity contribution >= 4 is 10.0 Å². The summed E-state index contributed by atoms with van der Waals surface area (Å²) in [5.41, 5.74) is 0. The van der Waals surface area contributed by atoms with Crippen molar-refractivity contribution in [1.29, 1.82) is 0 Å². The lowest BCUT2D eigenvalue weighted by molar-refractivity contribution is 0.201. The average molecular weight is 356 g/mol. The summed E-state index contributed by atoms with van der Waals surface area (Å²) in [5.74, 6) is 1.04. The number of methoxy groups -OCH3 is 2. The second kappa shape index (κ2) is 8.69. The Morgan fingerprint density at radius 3 is 2.50 bits per heavy atom. The molecule has 0 bridgehead atoms. The van der Waals surface area contributed by atoms with Crippen LogP contribution in [0, 0.1) is 5.92 Å². The third-order valence-corrected chi connectivity index (χ3v) is 5.75. The zero-order chi connectivity index (χ0) is 17.6. The van der Waals surface area contributed by atoms with Crippen molar-refractivity contribution in [3.05, 3.63) is 18.2 Å². The van der Waals surface area contributed by atoms with Crippen molar-refractivity contribution in [1.82, 2.24) is 9.62 Å². The number of likely N-dealkylation sites (tertiary alicyclic amines) is 1. The lowest BCUT2D eigenvalue weighted by Gasteiger charge is -2.29. The molecule has 24 heavy (non-hydrogen) atoms. The van der Waals surface area contributed by atoms with Gasteiger partial charge in [0.05, 0.1) is 14.2 Å². The van der Waals surface area contributed by atoms with Gasteiger partial charge < -0.3 is 14.4 Å². The standard InChI is InChI=1S/C17H28N2O4S/c1-14(13-19-9-5-4-6-10-19)12-18-24(20,21)17-11-15(22-2)7-8-16(17)23-3/h7-8,11,14,18H,4-6,9-10,12-13H2,1-3H3. The number of piperidine rings is 1. The lowest BCUT2D eigenvalue weighted by atomic mass is 10.1. The van der Waals surface area contributed by atoms with Crippen LogP contribution in [0.25, 0.3) is 0 Å². The van der Waals surface area contributed by atoms with Crippen molar-refractivity contribution in [3.8, 4) is 11.5 Å². The van der Waals surface area contributed by atoms with Gasteiger partial charge in [0.2, 0.25) is 10.0 Å². The molecule has 2 rings (SSSR count). The third kappa shape index (κ3) is 5.09. The van der Waals surface area contributed by atoms with E-state index in [1.807, 2.05) is 0 Å². The molecule has 7 heteroatoms. The highest BCUT2D eigenvalue weighted by Gasteiger charge is 2.22. The first-order valence-corrected chi connectivity index (χ1v) is 9.88. The van der Waals surface area contributed by atoms with E-state index in [0.717, 1.165) is 19.6 Å². The molecule has 0 amide bonds. The van der Waals surface area contributed by atoms with E-state index in [9.17, 15) is 8.42 Å². The van der Waals surface area contributed by atoms with E-state index < -0.39 is 10.0 Å². The van der Waals surface area contributed by atoms with Gasteiger partial charge in [-0.1, -0.05) is 13.3 Å². The fraction of sp³-hybridized carbons (Fsp3) is 0.647. The van der Waals surface area contributed by atoms with E-state index in [-0.39, 0.29) is 10.8 Å². The molecule has 1 saturated heterocycles. The molecule has 1 aromatic carbocycles. The van der Waals surface area contributed by atoms with Gasteiger partial charge in [-0.3, -0.25) is 0 Å². The Balaban J connectivity index is 2.00. The van der Waals surface area contributed by atoms with Gasteiger partial charge in [0, 0.05) is 19.2 Å². The van der Waals surface area contributed by atoms with Gasteiger partial charge in [-0.2, -0.15) is 0 Å². The summed E-state index contributed by atoms with van der Waals surface area (Å²) >= 11 is 0. The maximum absolute atomic E-state index is 12.6. The summed E-state index contributed by atoms with van der Waals surface area (Å²) < 4.78 is 38.2. The first kappa shape index (κ1) is 19.0. The van der Waals surface area contributed by atoms with Gasteiger partial charge >= 0.3 is 0 Å². The molecule has 1 heterocycles. The molecule has 1 unspecified atom stereocenters. The summed E-state index contributed by atoms with van der Waals surface area (Å²) in [6, 6.07) is 4.76. The quantitative estimate of drug-likeness (QED) is 0.773. The van der Waals surface area contributed by atoms with Gasteiger partial charge in [0.1, 0.15) is 16.4 Å². The smallest absolute Gasteiger partial charge is 0.244 e. The van der Waals surface area contributed by atoms with Crippen LogP contribution in [0.4, 0.5) is 0 Å². The molecule has 0 radical (unpaired) electrons. The first-order valence-electron chi connectivity index (χ1n) is 8.40. The molecule has 1 fully saturated rings. The SMILES string of the molecule is COc1ccc(OC)c(S(=O)(=O)NCC(C)CN2CCCCC2)c1. The fourth-order valence-electron chi connectivity index (χ4n) is 2.97. The van der Waals surface area contributed by atoms with Gasteiger partial charge in [0.15, 0.2) is 0 Å². The van der Waals surface area contributed by atoms with E-state index in [1.54, 1.807) is 12.1 Å². The molecular formula is C17H28N2O4S. The summed E-state index contributed by atoms with van der Waals surface area (Å²) in [6.07, 6.45) is 3.77. The van der Waals surface area contributed by atoms with E-state index in [0.29, 0.717) is 18.0 Å². The van der Waals surface area contributed by atoms with E-state index in [1.165, 1.54) is 39.5 Å². The highest BCUT2D eigenvalue weighted by atomic mass is 32.2. The normalized spacial score (nSPS) is 17.5. The number of hydrogen-bond donors (Lipinski definition) is 1. The van der Waals surface area contributed by atoms with Gasteiger partial charge in [0.25, 0.3) is 0 Å². The van der Waals surface area contributed by atoms with Crippen LogP contribution in [0.15, 0.2) is 23.1 Å². The van der Waals surface area contributed by atoms with Crippen LogP contribution in [-0.4, -0.2) is 53.7 Å². The highest BCUT2D eigenvalue weighted by molar-refractivity contribution is 7.89. The Labute approximate surface area is 145 Å². The van der Waals surface area contributed by atoms with Crippen LogP contribution >= 0.6 is 0 Å². The largest absolute Gasteiger partial charge is 0.497 e. The monoisotopic (exact) mass is 356 g/mol. The van der Waals surface area contributed by atoms with Crippen molar-refractivity contribution in [2.24, 2.45) is 5.92 Å². The minimum Gasteiger partial charge on any atom is -0.497 e. The zero-order valence-corrected chi connectivity index (χ0v) is 15.6. The second-order valence-corrected chi connectivity index (χ2v) is 8.07. The zero-order valence-electron chi connectivity index (χ0n) is 14.7. The maximum Gasteiger partial charge on any atom is 0.244 e. The summed E-state index contributed by atoms with van der Waals surface area (Å²) in [6.45, 7) is 5.61. The molecule has 1 aromatic rings. The number of nitrogens with zero attached hydrogens (tertiary/aromatic N) is 1. The molecule has 1 N–H and O–H groups in total. The average Bonchev–Trinajstić information content (AvgIpc) is 2.60. The molecular weight excluding hydrogens is 328 g/mol. The van der Waals surface area contributed by atoms with Crippen LogP contribution in [0.5, 0.6) is 11.5 Å². The molecule has 1 aliphatic heterocycles. The van der Waals surface area contributed by atoms with Gasteiger partial charge in [-0.25, -0.2) is 13.1 Å². The topological polar surface area (TPSA) is 67.9 Å². The fourth-order valence-corrected chi connectivity index (χ4v) is 4.32. The second-order valence-electron chi connectivity index (χ2n) is 6.34. The molecule has 136 valence electrons. The Hall–Kier alpha value is -1.31. The van der Waals surface area contributed by atoms with Crippen molar-refractivity contribution in [2.45, 2.75) is 31.1 Å². The molecule has 0 aliphatic carbocycles. The third-order valence-electron chi connectivity index (χ3n) is 4.30. The maximum atomic E-state index is 12.6. The summed E-state index contributed by atoms with van der Waals surface area (Å²) in [7, 11) is -0.681. The van der Waals surface area contributed by atoms with Crippen molar-refractivity contribution in [2.75, 3.05) is 40.4 Å². The molecule has 1 atom stereocenters. The molecule has 0 spiro atoms. The number of rotatable bonds is 8. The number of nitrogens with one attached hydrogen (secondary N) is 1. The van der Waals surface area contributed by atoms with E-state index >= 15 is 0 Å². The molecule has 0 saturated carbocycles. The van der Waals surface area contributed by atoms with Crippen LogP contribution in [0.1, 0.15) is 26.2 Å². The summed E-state index contributed by atoms with van der Waals surface area (Å²) in [5, 5.41) is 0. The minimum absolute atomic E-state index is 0.106. The predicted octanol–water partition coefficient (Wildman–Crippen LogP) is 2.10. The molecule has 1 aliphatic rings. The highest BCUT2D eigenvalue weighted by Crippen LogP contribution is 2.28. The number of sulfonamides is 1. The predicted molar refractivity (Wildman–Crippen MR) is 94.2 cm³/mol. The van der Waals surface area contributed by atoms with Gasteiger partial charge in [-0.15, -0.1) is 0 Å². The first-order chi connectivity index (χ1) is 11.5. The molecule has 6 nitrogen and oxygen atoms in total. The minimum atomic E-state index is -3.65. The number of ether oxygens (including phenoxy) is 2. The van der Waals surface area contributed by atoms with Crippen molar-refractivity contribution < 1.29 is 17.9 Å².